The zero-order valence-electron chi connectivity index (χ0n) is 10.6. The first-order chi connectivity index (χ1) is 9.04. The molecule has 0 fully saturated rings. The number of carbonyl (C=O) groups is 1. The van der Waals surface area contributed by atoms with Gasteiger partial charge in [-0.05, 0) is 24.8 Å². The van der Waals surface area contributed by atoms with E-state index in [0.29, 0.717) is 15.4 Å². The number of rotatable bonds is 5. The Morgan fingerprint density at radius 1 is 1.63 bits per heavy atom. The fourth-order valence-electron chi connectivity index (χ4n) is 1.70. The summed E-state index contributed by atoms with van der Waals surface area (Å²) in [5.41, 5.74) is 0.560. The Balaban J connectivity index is 2.57. The summed E-state index contributed by atoms with van der Waals surface area (Å²) in [5.74, 6) is -1.02. The van der Waals surface area contributed by atoms with Gasteiger partial charge in [0, 0.05) is 6.04 Å². The highest BCUT2D eigenvalue weighted by molar-refractivity contribution is 7.99. The van der Waals surface area contributed by atoms with Crippen LogP contribution >= 0.6 is 23.1 Å². The fraction of sp³-hybridized carbons (Fsp3) is 0.417. The molecule has 1 atom stereocenters. The second-order valence-electron chi connectivity index (χ2n) is 4.14. The highest BCUT2D eigenvalue weighted by Gasteiger charge is 2.17. The quantitative estimate of drug-likeness (QED) is 0.678. The molecule has 2 heterocycles. The summed E-state index contributed by atoms with van der Waals surface area (Å²) in [7, 11) is 0. The largest absolute Gasteiger partial charge is 0.481 e. The Hall–Kier alpha value is -1.34. The van der Waals surface area contributed by atoms with Gasteiger partial charge in [0.25, 0.3) is 5.56 Å². The minimum absolute atomic E-state index is 0.00259. The van der Waals surface area contributed by atoms with Crippen molar-refractivity contribution in [1.82, 2.24) is 9.55 Å². The van der Waals surface area contributed by atoms with Crippen molar-refractivity contribution in [3.63, 3.8) is 0 Å². The summed E-state index contributed by atoms with van der Waals surface area (Å²) in [4.78, 5) is 27.5. The first kappa shape index (κ1) is 14.1. The fourth-order valence-corrected chi connectivity index (χ4v) is 3.29. The molecule has 0 aliphatic carbocycles. The van der Waals surface area contributed by atoms with Crippen molar-refractivity contribution in [2.45, 2.75) is 31.5 Å². The molecule has 0 aromatic carbocycles. The van der Waals surface area contributed by atoms with Gasteiger partial charge in [-0.3, -0.25) is 14.2 Å². The number of aromatic nitrogens is 2. The summed E-state index contributed by atoms with van der Waals surface area (Å²) in [6, 6.07) is 1.79. The van der Waals surface area contributed by atoms with Crippen LogP contribution in [0.25, 0.3) is 10.2 Å². The topological polar surface area (TPSA) is 72.2 Å². The maximum Gasteiger partial charge on any atom is 0.313 e. The van der Waals surface area contributed by atoms with Gasteiger partial charge in [-0.25, -0.2) is 4.98 Å². The van der Waals surface area contributed by atoms with Gasteiger partial charge in [0.05, 0.1) is 11.3 Å². The number of nitrogens with zero attached hydrogens (tertiary/aromatic N) is 2. The maximum atomic E-state index is 12.4. The van der Waals surface area contributed by atoms with E-state index < -0.39 is 5.97 Å². The molecule has 0 aliphatic heterocycles. The van der Waals surface area contributed by atoms with Gasteiger partial charge in [-0.1, -0.05) is 18.7 Å². The Kier molecular flexibility index (Phi) is 4.26. The zero-order valence-corrected chi connectivity index (χ0v) is 12.3. The van der Waals surface area contributed by atoms with E-state index in [1.54, 1.807) is 10.6 Å². The third kappa shape index (κ3) is 2.82. The average molecular weight is 298 g/mol. The van der Waals surface area contributed by atoms with Gasteiger partial charge in [0.1, 0.15) is 4.70 Å². The first-order valence-corrected chi connectivity index (χ1v) is 7.75. The number of fused-ring (bicyclic) bond motifs is 1. The minimum atomic E-state index is -0.916. The molecular formula is C12H14N2O3S2. The lowest BCUT2D eigenvalue weighted by atomic mass is 10.2. The predicted octanol–water partition coefficient (Wildman–Crippen LogP) is 2.61. The van der Waals surface area contributed by atoms with Crippen molar-refractivity contribution in [3.8, 4) is 0 Å². The van der Waals surface area contributed by atoms with E-state index in [1.165, 1.54) is 11.3 Å². The molecule has 2 aromatic heterocycles. The van der Waals surface area contributed by atoms with Crippen LogP contribution in [-0.2, 0) is 4.79 Å². The van der Waals surface area contributed by atoms with Gasteiger partial charge in [0.15, 0.2) is 5.16 Å². The number of thiophene rings is 1. The van der Waals surface area contributed by atoms with Crippen LogP contribution < -0.4 is 5.56 Å². The molecule has 5 nitrogen and oxygen atoms in total. The standard InChI is InChI=1S/C12H14N2O3S2/c1-3-7(2)14-11(17)10-8(4-5-18-10)13-12(14)19-6-9(15)16/h4-5,7H,3,6H2,1-2H3,(H,15,16). The van der Waals surface area contributed by atoms with Crippen LogP contribution in [0.15, 0.2) is 21.4 Å². The van der Waals surface area contributed by atoms with Gasteiger partial charge >= 0.3 is 5.97 Å². The normalized spacial score (nSPS) is 12.7. The number of carboxylic acid groups (broad SMARTS) is 1. The van der Waals surface area contributed by atoms with Gasteiger partial charge < -0.3 is 5.11 Å². The van der Waals surface area contributed by atoms with Crippen LogP contribution in [0.4, 0.5) is 0 Å². The van der Waals surface area contributed by atoms with E-state index in [9.17, 15) is 9.59 Å². The van der Waals surface area contributed by atoms with E-state index in [2.05, 4.69) is 4.98 Å². The Bertz CT molecular complexity index is 663. The minimum Gasteiger partial charge on any atom is -0.481 e. The SMILES string of the molecule is CCC(C)n1c(SCC(=O)O)nc2ccsc2c1=O. The van der Waals surface area contributed by atoms with Gasteiger partial charge in [-0.15, -0.1) is 11.3 Å². The Labute approximate surface area is 118 Å². The van der Waals surface area contributed by atoms with Crippen molar-refractivity contribution in [3.05, 3.63) is 21.8 Å². The Morgan fingerprint density at radius 2 is 2.37 bits per heavy atom. The Morgan fingerprint density at radius 3 is 3.00 bits per heavy atom. The first-order valence-electron chi connectivity index (χ1n) is 5.89. The van der Waals surface area contributed by atoms with Gasteiger partial charge in [-0.2, -0.15) is 0 Å². The molecule has 0 radical (unpaired) electrons. The summed E-state index contributed by atoms with van der Waals surface area (Å²) in [5, 5.41) is 11.1. The monoisotopic (exact) mass is 298 g/mol. The smallest absolute Gasteiger partial charge is 0.313 e. The molecule has 0 saturated heterocycles. The summed E-state index contributed by atoms with van der Waals surface area (Å²) in [6.45, 7) is 3.93. The molecule has 2 rings (SSSR count). The second kappa shape index (κ2) is 5.75. The zero-order chi connectivity index (χ0) is 14.0. The molecule has 102 valence electrons. The summed E-state index contributed by atoms with van der Waals surface area (Å²) >= 11 is 2.46. The van der Waals surface area contributed by atoms with E-state index in [4.69, 9.17) is 5.11 Å². The highest BCUT2D eigenvalue weighted by Crippen LogP contribution is 2.24. The van der Waals surface area contributed by atoms with Crippen LogP contribution in [0.3, 0.4) is 0 Å². The second-order valence-corrected chi connectivity index (χ2v) is 6.00. The molecule has 0 aliphatic rings. The van der Waals surface area contributed by atoms with Crippen molar-refractivity contribution >= 4 is 39.3 Å². The molecule has 0 saturated carbocycles. The van der Waals surface area contributed by atoms with Crippen LogP contribution in [-0.4, -0.2) is 26.4 Å². The number of carboxylic acids is 1. The lowest BCUT2D eigenvalue weighted by Gasteiger charge is -2.16. The van der Waals surface area contributed by atoms with E-state index in [-0.39, 0.29) is 17.4 Å². The van der Waals surface area contributed by atoms with Crippen molar-refractivity contribution in [2.75, 3.05) is 5.75 Å². The van der Waals surface area contributed by atoms with Gasteiger partial charge in [0.2, 0.25) is 0 Å². The van der Waals surface area contributed by atoms with Crippen LogP contribution in [0.5, 0.6) is 0 Å². The average Bonchev–Trinajstić information content (AvgIpc) is 2.84. The molecule has 7 heteroatoms. The molecule has 19 heavy (non-hydrogen) atoms. The molecule has 1 unspecified atom stereocenters. The molecule has 2 aromatic rings. The van der Waals surface area contributed by atoms with E-state index in [0.717, 1.165) is 18.2 Å². The molecule has 0 amide bonds. The summed E-state index contributed by atoms with van der Waals surface area (Å²) < 4.78 is 2.23. The molecular weight excluding hydrogens is 284 g/mol. The van der Waals surface area contributed by atoms with Crippen molar-refractivity contribution < 1.29 is 9.90 Å². The number of aliphatic carboxylic acids is 1. The lowest BCUT2D eigenvalue weighted by molar-refractivity contribution is -0.133. The predicted molar refractivity (Wildman–Crippen MR) is 77.2 cm³/mol. The van der Waals surface area contributed by atoms with Crippen LogP contribution in [0.1, 0.15) is 26.3 Å². The van der Waals surface area contributed by atoms with E-state index >= 15 is 0 Å². The third-order valence-corrected chi connectivity index (χ3v) is 4.67. The highest BCUT2D eigenvalue weighted by atomic mass is 32.2. The molecule has 1 N–H and O–H groups in total. The van der Waals surface area contributed by atoms with Crippen molar-refractivity contribution in [2.24, 2.45) is 0 Å². The molecule has 0 spiro atoms. The van der Waals surface area contributed by atoms with E-state index in [1.807, 2.05) is 19.2 Å². The third-order valence-electron chi connectivity index (χ3n) is 2.84. The summed E-state index contributed by atoms with van der Waals surface area (Å²) in [6.07, 6.45) is 0.791. The number of hydrogen-bond acceptors (Lipinski definition) is 5. The number of thioether (sulfide) groups is 1. The van der Waals surface area contributed by atoms with Crippen LogP contribution in [0.2, 0.25) is 0 Å². The van der Waals surface area contributed by atoms with Crippen molar-refractivity contribution in [1.29, 1.82) is 0 Å². The van der Waals surface area contributed by atoms with Crippen LogP contribution in [0, 0.1) is 0 Å². The number of hydrogen-bond donors (Lipinski definition) is 1. The molecule has 0 bridgehead atoms. The maximum absolute atomic E-state index is 12.4. The lowest BCUT2D eigenvalue weighted by Crippen LogP contribution is -2.25.